The number of allylic oxidation sites excluding steroid dienone is 1. The van der Waals surface area contributed by atoms with Crippen LogP contribution in [-0.4, -0.2) is 28.6 Å². The van der Waals surface area contributed by atoms with Crippen LogP contribution in [0.5, 0.6) is 0 Å². The first-order valence-corrected chi connectivity index (χ1v) is 9.92. The maximum atomic E-state index is 9.80. The molecule has 5 heteroatoms. The molecule has 0 atom stereocenters. The van der Waals surface area contributed by atoms with Crippen molar-refractivity contribution in [1.82, 2.24) is 14.5 Å². The van der Waals surface area contributed by atoms with Crippen LogP contribution in [0.4, 0.5) is 5.69 Å². The fourth-order valence-electron chi connectivity index (χ4n) is 3.79. The SMILES string of the molecule is Cc1ccc2nc(/C(C#N)=C\c3cc(C)n(-c4ccc(N(C)C)cc4)c3C)[nH]c2c1. The molecule has 2 heterocycles. The van der Waals surface area contributed by atoms with Crippen LogP contribution >= 0.6 is 0 Å². The minimum atomic E-state index is 0.520. The number of nitrogens with zero attached hydrogens (tertiary/aromatic N) is 4. The zero-order valence-electron chi connectivity index (χ0n) is 18.0. The molecule has 0 radical (unpaired) electrons. The van der Waals surface area contributed by atoms with E-state index in [1.54, 1.807) is 0 Å². The molecule has 150 valence electrons. The lowest BCUT2D eigenvalue weighted by Gasteiger charge is -2.14. The van der Waals surface area contributed by atoms with Gasteiger partial charge in [-0.1, -0.05) is 6.07 Å². The van der Waals surface area contributed by atoms with Gasteiger partial charge in [-0.2, -0.15) is 5.26 Å². The minimum absolute atomic E-state index is 0.520. The van der Waals surface area contributed by atoms with E-state index in [0.717, 1.165) is 44.9 Å². The number of aryl methyl sites for hydroxylation is 2. The van der Waals surface area contributed by atoms with E-state index in [2.05, 4.69) is 69.7 Å². The molecule has 0 saturated carbocycles. The number of benzene rings is 2. The predicted octanol–water partition coefficient (Wildman–Crippen LogP) is 5.41. The van der Waals surface area contributed by atoms with Crippen molar-refractivity contribution in [1.29, 1.82) is 5.26 Å². The summed E-state index contributed by atoms with van der Waals surface area (Å²) in [7, 11) is 4.07. The number of imidazole rings is 1. The van der Waals surface area contributed by atoms with Crippen LogP contribution in [0, 0.1) is 32.1 Å². The van der Waals surface area contributed by atoms with E-state index in [-0.39, 0.29) is 0 Å². The van der Waals surface area contributed by atoms with Crippen molar-refractivity contribution in [2.24, 2.45) is 0 Å². The monoisotopic (exact) mass is 395 g/mol. The van der Waals surface area contributed by atoms with Crippen molar-refractivity contribution in [2.75, 3.05) is 19.0 Å². The lowest BCUT2D eigenvalue weighted by Crippen LogP contribution is -2.08. The van der Waals surface area contributed by atoms with E-state index >= 15 is 0 Å². The number of H-pyrrole nitrogens is 1. The molecular weight excluding hydrogens is 370 g/mol. The second-order valence-electron chi connectivity index (χ2n) is 7.85. The van der Waals surface area contributed by atoms with Gasteiger partial charge in [0.2, 0.25) is 0 Å². The summed E-state index contributed by atoms with van der Waals surface area (Å²) in [6.45, 7) is 6.21. The summed E-state index contributed by atoms with van der Waals surface area (Å²) >= 11 is 0. The van der Waals surface area contributed by atoms with Gasteiger partial charge in [-0.3, -0.25) is 0 Å². The lowest BCUT2D eigenvalue weighted by atomic mass is 10.1. The molecule has 5 nitrogen and oxygen atoms in total. The summed E-state index contributed by atoms with van der Waals surface area (Å²) < 4.78 is 2.21. The number of hydrogen-bond acceptors (Lipinski definition) is 3. The number of anilines is 1. The minimum Gasteiger partial charge on any atom is -0.378 e. The summed E-state index contributed by atoms with van der Waals surface area (Å²) in [5.74, 6) is 0.596. The Hall–Kier alpha value is -3.78. The van der Waals surface area contributed by atoms with Crippen LogP contribution in [0.25, 0.3) is 28.4 Å². The van der Waals surface area contributed by atoms with Gasteiger partial charge in [0.05, 0.1) is 16.6 Å². The third-order valence-corrected chi connectivity index (χ3v) is 5.41. The highest BCUT2D eigenvalue weighted by molar-refractivity contribution is 5.91. The molecule has 2 aromatic heterocycles. The van der Waals surface area contributed by atoms with Crippen molar-refractivity contribution in [3.05, 3.63) is 76.9 Å². The molecule has 4 rings (SSSR count). The summed E-state index contributed by atoms with van der Waals surface area (Å²) in [6.07, 6.45) is 1.91. The molecule has 2 aromatic carbocycles. The van der Waals surface area contributed by atoms with Gasteiger partial charge < -0.3 is 14.5 Å². The van der Waals surface area contributed by atoms with Crippen LogP contribution < -0.4 is 4.90 Å². The van der Waals surface area contributed by atoms with Gasteiger partial charge in [-0.25, -0.2) is 4.98 Å². The summed E-state index contributed by atoms with van der Waals surface area (Å²) in [6, 6.07) is 18.9. The fourth-order valence-corrected chi connectivity index (χ4v) is 3.79. The van der Waals surface area contributed by atoms with Crippen LogP contribution in [-0.2, 0) is 0 Å². The average molecular weight is 396 g/mol. The quantitative estimate of drug-likeness (QED) is 0.470. The average Bonchev–Trinajstić information content (AvgIpc) is 3.26. The third kappa shape index (κ3) is 3.48. The smallest absolute Gasteiger partial charge is 0.149 e. The summed E-state index contributed by atoms with van der Waals surface area (Å²) in [4.78, 5) is 9.97. The topological polar surface area (TPSA) is 60.6 Å². The number of rotatable bonds is 4. The zero-order chi connectivity index (χ0) is 21.4. The highest BCUT2D eigenvalue weighted by atomic mass is 15.1. The number of aromatic amines is 1. The van der Waals surface area contributed by atoms with Crippen LogP contribution in [0.3, 0.4) is 0 Å². The Balaban J connectivity index is 1.75. The predicted molar refractivity (Wildman–Crippen MR) is 124 cm³/mol. The molecule has 0 saturated heterocycles. The van der Waals surface area contributed by atoms with E-state index in [1.807, 2.05) is 45.3 Å². The molecule has 0 aliphatic rings. The third-order valence-electron chi connectivity index (χ3n) is 5.41. The molecule has 0 aliphatic heterocycles. The first-order valence-electron chi connectivity index (χ1n) is 9.92. The number of aromatic nitrogens is 3. The Bertz CT molecular complexity index is 1290. The van der Waals surface area contributed by atoms with Gasteiger partial charge >= 0.3 is 0 Å². The molecule has 30 heavy (non-hydrogen) atoms. The molecule has 0 bridgehead atoms. The molecule has 0 unspecified atom stereocenters. The van der Waals surface area contributed by atoms with E-state index in [4.69, 9.17) is 0 Å². The normalized spacial score (nSPS) is 11.7. The zero-order valence-corrected chi connectivity index (χ0v) is 18.0. The fraction of sp³-hybridized carbons (Fsp3) is 0.200. The number of fused-ring (bicyclic) bond motifs is 1. The van der Waals surface area contributed by atoms with E-state index < -0.39 is 0 Å². The van der Waals surface area contributed by atoms with Gasteiger partial charge in [0.25, 0.3) is 0 Å². The highest BCUT2D eigenvalue weighted by Gasteiger charge is 2.13. The molecule has 0 spiro atoms. The maximum absolute atomic E-state index is 9.80. The maximum Gasteiger partial charge on any atom is 0.149 e. The van der Waals surface area contributed by atoms with Gasteiger partial charge in [0, 0.05) is 36.9 Å². The van der Waals surface area contributed by atoms with Crippen molar-refractivity contribution in [3.8, 4) is 11.8 Å². The first kappa shape index (κ1) is 19.5. The number of nitriles is 1. The standard InChI is InChI=1S/C25H25N5/c1-16-6-11-23-24(12-16)28-25(27-23)20(15-26)14-19-13-17(2)30(18(19)3)22-9-7-21(8-10-22)29(4)5/h6-14H,1-5H3,(H,27,28)/b20-14-. The van der Waals surface area contributed by atoms with Crippen molar-refractivity contribution >= 4 is 28.4 Å². The Morgan fingerprint density at radius 3 is 2.47 bits per heavy atom. The van der Waals surface area contributed by atoms with Crippen LogP contribution in [0.15, 0.2) is 48.5 Å². The Kier molecular flexibility index (Phi) is 4.93. The molecule has 0 aliphatic carbocycles. The second-order valence-corrected chi connectivity index (χ2v) is 7.85. The molecule has 1 N–H and O–H groups in total. The number of nitrogens with one attached hydrogen (secondary N) is 1. The van der Waals surface area contributed by atoms with Gasteiger partial charge in [-0.05, 0) is 80.4 Å². The van der Waals surface area contributed by atoms with E-state index in [9.17, 15) is 5.26 Å². The van der Waals surface area contributed by atoms with Gasteiger partial charge in [0.15, 0.2) is 0 Å². The van der Waals surface area contributed by atoms with Crippen molar-refractivity contribution in [2.45, 2.75) is 20.8 Å². The number of hydrogen-bond donors (Lipinski definition) is 1. The second kappa shape index (κ2) is 7.57. The highest BCUT2D eigenvalue weighted by Crippen LogP contribution is 2.26. The Labute approximate surface area is 176 Å². The van der Waals surface area contributed by atoms with Crippen LogP contribution in [0.2, 0.25) is 0 Å². The molecular formula is C25H25N5. The van der Waals surface area contributed by atoms with E-state index in [0.29, 0.717) is 11.4 Å². The van der Waals surface area contributed by atoms with Gasteiger partial charge in [0.1, 0.15) is 11.9 Å². The summed E-state index contributed by atoms with van der Waals surface area (Å²) in [5, 5.41) is 9.80. The van der Waals surface area contributed by atoms with Crippen molar-refractivity contribution in [3.63, 3.8) is 0 Å². The molecule has 0 amide bonds. The molecule has 0 fully saturated rings. The van der Waals surface area contributed by atoms with Gasteiger partial charge in [-0.15, -0.1) is 0 Å². The van der Waals surface area contributed by atoms with E-state index in [1.165, 1.54) is 0 Å². The molecule has 4 aromatic rings. The first-order chi connectivity index (χ1) is 14.4. The summed E-state index contributed by atoms with van der Waals surface area (Å²) in [5.41, 5.74) is 8.97. The Morgan fingerprint density at radius 2 is 1.80 bits per heavy atom. The largest absolute Gasteiger partial charge is 0.378 e. The Morgan fingerprint density at radius 1 is 1.07 bits per heavy atom. The van der Waals surface area contributed by atoms with Crippen LogP contribution in [0.1, 0.15) is 28.3 Å². The lowest BCUT2D eigenvalue weighted by molar-refractivity contribution is 0.963. The van der Waals surface area contributed by atoms with Crippen molar-refractivity contribution < 1.29 is 0 Å².